The minimum atomic E-state index is 0.110. The summed E-state index contributed by atoms with van der Waals surface area (Å²) < 4.78 is 1.85. The SMILES string of the molecule is CCCCc1nc(CCC)n(CC)c(=O)c1Cc1ccc(-c2ccccc2-c2nn[nH]n2)cc1. The molecule has 0 unspecified atom stereocenters. The molecule has 0 bridgehead atoms. The Labute approximate surface area is 200 Å². The summed E-state index contributed by atoms with van der Waals surface area (Å²) in [6.07, 6.45) is 5.36. The van der Waals surface area contributed by atoms with Crippen LogP contribution in [0.4, 0.5) is 0 Å². The number of aromatic amines is 1. The van der Waals surface area contributed by atoms with Gasteiger partial charge >= 0.3 is 0 Å². The lowest BCUT2D eigenvalue weighted by Gasteiger charge is -2.16. The van der Waals surface area contributed by atoms with Gasteiger partial charge in [0.05, 0.1) is 5.69 Å². The molecular weight excluding hydrogens is 424 g/mol. The summed E-state index contributed by atoms with van der Waals surface area (Å²) in [4.78, 5) is 18.4. The molecular formula is C27H32N6O. The third-order valence-corrected chi connectivity index (χ3v) is 6.14. The maximum atomic E-state index is 13.4. The number of unbranched alkanes of at least 4 members (excludes halogenated alkanes) is 1. The number of aryl methyl sites for hydroxylation is 2. The zero-order valence-corrected chi connectivity index (χ0v) is 20.2. The van der Waals surface area contributed by atoms with Gasteiger partial charge in [-0.05, 0) is 48.1 Å². The first kappa shape index (κ1) is 23.5. The highest BCUT2D eigenvalue weighted by Gasteiger charge is 2.16. The number of hydrogen-bond acceptors (Lipinski definition) is 5. The molecule has 4 aromatic rings. The third kappa shape index (κ3) is 4.98. The molecule has 176 valence electrons. The van der Waals surface area contributed by atoms with Crippen molar-refractivity contribution in [3.05, 3.63) is 81.5 Å². The van der Waals surface area contributed by atoms with Gasteiger partial charge in [-0.2, -0.15) is 5.21 Å². The van der Waals surface area contributed by atoms with E-state index < -0.39 is 0 Å². The lowest BCUT2D eigenvalue weighted by Crippen LogP contribution is -2.30. The molecule has 0 amide bonds. The average molecular weight is 457 g/mol. The monoisotopic (exact) mass is 456 g/mol. The van der Waals surface area contributed by atoms with Crippen LogP contribution in [-0.4, -0.2) is 30.2 Å². The van der Waals surface area contributed by atoms with Crippen LogP contribution in [-0.2, 0) is 25.8 Å². The Morgan fingerprint density at radius 1 is 0.912 bits per heavy atom. The molecule has 2 heterocycles. The van der Waals surface area contributed by atoms with Crippen molar-refractivity contribution in [1.82, 2.24) is 30.2 Å². The molecule has 0 fully saturated rings. The fourth-order valence-corrected chi connectivity index (χ4v) is 4.37. The van der Waals surface area contributed by atoms with E-state index >= 15 is 0 Å². The van der Waals surface area contributed by atoms with Gasteiger partial charge in [0.2, 0.25) is 5.82 Å². The summed E-state index contributed by atoms with van der Waals surface area (Å²) >= 11 is 0. The second-order valence-corrected chi connectivity index (χ2v) is 8.51. The predicted octanol–water partition coefficient (Wildman–Crippen LogP) is 5.00. The number of nitrogens with one attached hydrogen (secondary N) is 1. The van der Waals surface area contributed by atoms with Crippen LogP contribution in [0.1, 0.15) is 62.7 Å². The van der Waals surface area contributed by atoms with Gasteiger partial charge in [0.1, 0.15) is 5.82 Å². The van der Waals surface area contributed by atoms with Gasteiger partial charge in [0.15, 0.2) is 0 Å². The molecule has 0 aliphatic heterocycles. The normalized spacial score (nSPS) is 11.1. The lowest BCUT2D eigenvalue weighted by molar-refractivity contribution is 0.611. The van der Waals surface area contributed by atoms with Crippen LogP contribution in [0.2, 0.25) is 0 Å². The molecule has 0 radical (unpaired) electrons. The summed E-state index contributed by atoms with van der Waals surface area (Å²) in [5, 5.41) is 14.5. The molecule has 7 nitrogen and oxygen atoms in total. The molecule has 4 rings (SSSR count). The summed E-state index contributed by atoms with van der Waals surface area (Å²) in [5.41, 5.74) is 6.03. The topological polar surface area (TPSA) is 89.4 Å². The van der Waals surface area contributed by atoms with Crippen LogP contribution < -0.4 is 5.56 Å². The molecule has 0 atom stereocenters. The summed E-state index contributed by atoms with van der Waals surface area (Å²) in [5.74, 6) is 1.48. The van der Waals surface area contributed by atoms with Crippen molar-refractivity contribution in [3.63, 3.8) is 0 Å². The lowest BCUT2D eigenvalue weighted by atomic mass is 9.96. The van der Waals surface area contributed by atoms with Crippen LogP contribution in [0, 0.1) is 0 Å². The number of rotatable bonds is 10. The van der Waals surface area contributed by atoms with Crippen molar-refractivity contribution in [1.29, 1.82) is 0 Å². The van der Waals surface area contributed by atoms with Crippen LogP contribution in [0.15, 0.2) is 53.3 Å². The Hall–Kier alpha value is -3.61. The Bertz CT molecular complexity index is 1280. The fourth-order valence-electron chi connectivity index (χ4n) is 4.37. The summed E-state index contributed by atoms with van der Waals surface area (Å²) in [7, 11) is 0. The molecule has 0 saturated heterocycles. The first-order valence-electron chi connectivity index (χ1n) is 12.2. The number of nitrogens with zero attached hydrogens (tertiary/aromatic N) is 5. The summed E-state index contributed by atoms with van der Waals surface area (Å²) in [6.45, 7) is 6.97. The first-order chi connectivity index (χ1) is 16.7. The van der Waals surface area contributed by atoms with E-state index in [0.717, 1.165) is 71.4 Å². The van der Waals surface area contributed by atoms with Gasteiger partial charge in [-0.1, -0.05) is 68.8 Å². The van der Waals surface area contributed by atoms with Gasteiger partial charge in [-0.25, -0.2) is 4.98 Å². The highest BCUT2D eigenvalue weighted by molar-refractivity contribution is 5.80. The quantitative estimate of drug-likeness (QED) is 0.363. The number of hydrogen-bond donors (Lipinski definition) is 1. The van der Waals surface area contributed by atoms with Crippen LogP contribution in [0.5, 0.6) is 0 Å². The minimum Gasteiger partial charge on any atom is -0.297 e. The van der Waals surface area contributed by atoms with Crippen LogP contribution in [0.3, 0.4) is 0 Å². The fraction of sp³-hybridized carbons (Fsp3) is 0.370. The van der Waals surface area contributed by atoms with E-state index in [0.29, 0.717) is 18.8 Å². The predicted molar refractivity (Wildman–Crippen MR) is 135 cm³/mol. The molecule has 2 aromatic carbocycles. The van der Waals surface area contributed by atoms with E-state index in [9.17, 15) is 4.79 Å². The maximum Gasteiger partial charge on any atom is 0.257 e. The van der Waals surface area contributed by atoms with Crippen molar-refractivity contribution in [2.24, 2.45) is 0 Å². The second-order valence-electron chi connectivity index (χ2n) is 8.51. The molecule has 7 heteroatoms. The number of H-pyrrole nitrogens is 1. The Morgan fingerprint density at radius 2 is 1.68 bits per heavy atom. The molecule has 0 aliphatic rings. The molecule has 0 saturated carbocycles. The Balaban J connectivity index is 1.67. The largest absolute Gasteiger partial charge is 0.297 e. The van der Waals surface area contributed by atoms with E-state index in [-0.39, 0.29) is 5.56 Å². The van der Waals surface area contributed by atoms with Crippen LogP contribution in [0.25, 0.3) is 22.5 Å². The Kier molecular flexibility index (Phi) is 7.62. The number of benzene rings is 2. The van der Waals surface area contributed by atoms with Crippen molar-refractivity contribution in [2.75, 3.05) is 0 Å². The van der Waals surface area contributed by atoms with Gasteiger partial charge < -0.3 is 0 Å². The zero-order valence-electron chi connectivity index (χ0n) is 20.2. The standard InChI is InChI=1S/C27H32N6O/c1-4-7-13-24-23(27(34)33(6-3)25(28-24)10-5-2)18-19-14-16-20(17-15-19)21-11-8-9-12-22(21)26-29-31-32-30-26/h8-9,11-12,14-17H,4-7,10,13,18H2,1-3H3,(H,29,30,31,32). The van der Waals surface area contributed by atoms with Crippen molar-refractivity contribution < 1.29 is 0 Å². The van der Waals surface area contributed by atoms with Crippen molar-refractivity contribution in [3.8, 4) is 22.5 Å². The minimum absolute atomic E-state index is 0.110. The zero-order chi connectivity index (χ0) is 23.9. The van der Waals surface area contributed by atoms with E-state index in [4.69, 9.17) is 4.98 Å². The van der Waals surface area contributed by atoms with Gasteiger partial charge in [0, 0.05) is 30.5 Å². The van der Waals surface area contributed by atoms with E-state index in [1.165, 1.54) is 0 Å². The van der Waals surface area contributed by atoms with E-state index in [1.807, 2.05) is 29.7 Å². The van der Waals surface area contributed by atoms with E-state index in [2.05, 4.69) is 64.8 Å². The molecule has 2 aromatic heterocycles. The average Bonchev–Trinajstić information content (AvgIpc) is 3.40. The molecule has 0 spiro atoms. The molecule has 0 aliphatic carbocycles. The smallest absolute Gasteiger partial charge is 0.257 e. The van der Waals surface area contributed by atoms with E-state index in [1.54, 1.807) is 0 Å². The maximum absolute atomic E-state index is 13.4. The third-order valence-electron chi connectivity index (χ3n) is 6.14. The highest BCUT2D eigenvalue weighted by Crippen LogP contribution is 2.30. The van der Waals surface area contributed by atoms with Crippen LogP contribution >= 0.6 is 0 Å². The van der Waals surface area contributed by atoms with Crippen molar-refractivity contribution in [2.45, 2.75) is 65.8 Å². The molecule has 1 N–H and O–H groups in total. The summed E-state index contributed by atoms with van der Waals surface area (Å²) in [6, 6.07) is 16.4. The number of aromatic nitrogens is 6. The second kappa shape index (κ2) is 11.0. The number of tetrazole rings is 1. The highest BCUT2D eigenvalue weighted by atomic mass is 16.1. The Morgan fingerprint density at radius 3 is 2.32 bits per heavy atom. The van der Waals surface area contributed by atoms with Gasteiger partial charge in [-0.3, -0.25) is 9.36 Å². The molecule has 34 heavy (non-hydrogen) atoms. The van der Waals surface area contributed by atoms with Gasteiger partial charge in [0.25, 0.3) is 5.56 Å². The first-order valence-corrected chi connectivity index (χ1v) is 12.2. The van der Waals surface area contributed by atoms with Gasteiger partial charge in [-0.15, -0.1) is 10.2 Å². The van der Waals surface area contributed by atoms with Crippen molar-refractivity contribution >= 4 is 0 Å².